The van der Waals surface area contributed by atoms with E-state index in [2.05, 4.69) is 22.2 Å². The predicted molar refractivity (Wildman–Crippen MR) is 94.6 cm³/mol. The van der Waals surface area contributed by atoms with Gasteiger partial charge in [-0.25, -0.2) is 9.98 Å². The largest absolute Gasteiger partial charge is 0.474 e. The molecule has 5 heteroatoms. The highest BCUT2D eigenvalue weighted by Crippen LogP contribution is 2.23. The molecule has 128 valence electrons. The van der Waals surface area contributed by atoms with Crippen molar-refractivity contribution in [3.63, 3.8) is 0 Å². The number of pyridine rings is 1. The van der Waals surface area contributed by atoms with Gasteiger partial charge in [-0.1, -0.05) is 26.2 Å². The summed E-state index contributed by atoms with van der Waals surface area (Å²) in [5.41, 5.74) is 6.97. The Morgan fingerprint density at radius 3 is 2.96 bits per heavy atom. The molecule has 0 bridgehead atoms. The third-order valence-corrected chi connectivity index (χ3v) is 4.16. The fourth-order valence-corrected chi connectivity index (χ4v) is 2.79. The quantitative estimate of drug-likeness (QED) is 0.416. The number of nitrogens with two attached hydrogens (primary N) is 1. The molecule has 1 aliphatic rings. The van der Waals surface area contributed by atoms with Crippen molar-refractivity contribution in [2.75, 3.05) is 6.54 Å². The van der Waals surface area contributed by atoms with Crippen LogP contribution in [0, 0.1) is 0 Å². The van der Waals surface area contributed by atoms with Gasteiger partial charge in [-0.2, -0.15) is 0 Å². The summed E-state index contributed by atoms with van der Waals surface area (Å²) in [7, 11) is 0. The summed E-state index contributed by atoms with van der Waals surface area (Å²) in [6.07, 6.45) is 11.8. The number of ether oxygens (including phenoxy) is 1. The van der Waals surface area contributed by atoms with Crippen molar-refractivity contribution in [3.8, 4) is 5.88 Å². The number of nitrogens with zero attached hydrogens (tertiary/aromatic N) is 2. The second kappa shape index (κ2) is 10.1. The van der Waals surface area contributed by atoms with E-state index in [1.807, 2.05) is 12.1 Å². The van der Waals surface area contributed by atoms with Crippen LogP contribution < -0.4 is 15.8 Å². The third kappa shape index (κ3) is 6.89. The average molecular weight is 318 g/mol. The lowest BCUT2D eigenvalue weighted by atomic mass is 10.2. The molecule has 5 nitrogen and oxygen atoms in total. The van der Waals surface area contributed by atoms with Crippen LogP contribution >= 0.6 is 0 Å². The Hall–Kier alpha value is -1.78. The summed E-state index contributed by atoms with van der Waals surface area (Å²) >= 11 is 0. The van der Waals surface area contributed by atoms with Crippen molar-refractivity contribution in [3.05, 3.63) is 23.9 Å². The summed E-state index contributed by atoms with van der Waals surface area (Å²) in [4.78, 5) is 8.68. The second-order valence-corrected chi connectivity index (χ2v) is 6.22. The minimum atomic E-state index is 0.330. The molecular weight excluding hydrogens is 288 g/mol. The number of aliphatic imine (C=N–C) groups is 1. The molecule has 2 rings (SSSR count). The fraction of sp³-hybridized carbons (Fsp3) is 0.667. The topological polar surface area (TPSA) is 72.5 Å². The van der Waals surface area contributed by atoms with Crippen molar-refractivity contribution < 1.29 is 4.74 Å². The minimum Gasteiger partial charge on any atom is -0.474 e. The molecule has 0 saturated heterocycles. The molecule has 0 aliphatic heterocycles. The van der Waals surface area contributed by atoms with Crippen LogP contribution in [0.15, 0.2) is 23.3 Å². The van der Waals surface area contributed by atoms with Crippen LogP contribution in [0.4, 0.5) is 0 Å². The normalized spacial score (nSPS) is 15.8. The first-order valence-corrected chi connectivity index (χ1v) is 8.93. The summed E-state index contributed by atoms with van der Waals surface area (Å²) in [5, 5.41) is 3.17. The van der Waals surface area contributed by atoms with E-state index in [9.17, 15) is 0 Å². The maximum Gasteiger partial charge on any atom is 0.213 e. The Labute approximate surface area is 139 Å². The number of hydrogen-bond donors (Lipinski definition) is 2. The van der Waals surface area contributed by atoms with E-state index in [4.69, 9.17) is 10.5 Å². The molecule has 1 aliphatic carbocycles. The van der Waals surface area contributed by atoms with Crippen LogP contribution in [0.1, 0.15) is 63.9 Å². The molecule has 0 atom stereocenters. The maximum absolute atomic E-state index is 5.92. The smallest absolute Gasteiger partial charge is 0.213 e. The van der Waals surface area contributed by atoms with Crippen molar-refractivity contribution >= 4 is 5.96 Å². The Balaban J connectivity index is 1.74. The summed E-state index contributed by atoms with van der Waals surface area (Å²) in [5.74, 6) is 1.22. The van der Waals surface area contributed by atoms with Crippen LogP contribution in [-0.4, -0.2) is 23.6 Å². The zero-order valence-corrected chi connectivity index (χ0v) is 14.3. The Morgan fingerprint density at radius 1 is 1.35 bits per heavy atom. The highest BCUT2D eigenvalue weighted by atomic mass is 16.5. The van der Waals surface area contributed by atoms with Gasteiger partial charge in [0.15, 0.2) is 5.96 Å². The summed E-state index contributed by atoms with van der Waals surface area (Å²) in [6, 6.07) is 3.93. The number of guanidine groups is 1. The van der Waals surface area contributed by atoms with Crippen LogP contribution in [0.2, 0.25) is 0 Å². The van der Waals surface area contributed by atoms with Crippen LogP contribution in [0.3, 0.4) is 0 Å². The van der Waals surface area contributed by atoms with Gasteiger partial charge in [-0.15, -0.1) is 0 Å². The number of hydrogen-bond acceptors (Lipinski definition) is 3. The van der Waals surface area contributed by atoms with Gasteiger partial charge in [-0.05, 0) is 43.7 Å². The first-order valence-electron chi connectivity index (χ1n) is 8.93. The zero-order chi connectivity index (χ0) is 16.3. The lowest BCUT2D eigenvalue weighted by Gasteiger charge is -2.12. The highest BCUT2D eigenvalue weighted by Gasteiger charge is 2.16. The molecule has 0 amide bonds. The maximum atomic E-state index is 5.92. The van der Waals surface area contributed by atoms with E-state index in [1.54, 1.807) is 6.20 Å². The molecular formula is C18H30N4O. The molecule has 1 heterocycles. The van der Waals surface area contributed by atoms with E-state index in [0.29, 0.717) is 24.5 Å². The Kier molecular flexibility index (Phi) is 7.70. The molecule has 3 N–H and O–H groups in total. The van der Waals surface area contributed by atoms with Gasteiger partial charge < -0.3 is 15.8 Å². The van der Waals surface area contributed by atoms with Crippen molar-refractivity contribution in [2.45, 2.75) is 70.9 Å². The molecule has 1 saturated carbocycles. The first kappa shape index (κ1) is 17.6. The van der Waals surface area contributed by atoms with Crippen molar-refractivity contribution in [1.82, 2.24) is 10.3 Å². The van der Waals surface area contributed by atoms with Crippen LogP contribution in [-0.2, 0) is 6.54 Å². The van der Waals surface area contributed by atoms with Crippen LogP contribution in [0.25, 0.3) is 0 Å². The van der Waals surface area contributed by atoms with Gasteiger partial charge in [0.05, 0.1) is 6.54 Å². The van der Waals surface area contributed by atoms with E-state index >= 15 is 0 Å². The Bertz CT molecular complexity index is 484. The van der Waals surface area contributed by atoms with E-state index in [0.717, 1.165) is 31.4 Å². The predicted octanol–water partition coefficient (Wildman–Crippen LogP) is 3.39. The number of rotatable bonds is 9. The van der Waals surface area contributed by atoms with Gasteiger partial charge in [0.25, 0.3) is 0 Å². The first-order chi connectivity index (χ1) is 11.3. The third-order valence-electron chi connectivity index (χ3n) is 4.16. The standard InChI is InChI=1S/C18H30N4O/c1-2-3-4-7-11-21-18(19)22-14-15-10-12-20-17(13-15)23-16-8-5-6-9-16/h10,12-13,16H,2-9,11,14H2,1H3,(H3,19,21,22). The summed E-state index contributed by atoms with van der Waals surface area (Å²) < 4.78 is 5.92. The van der Waals surface area contributed by atoms with E-state index in [-0.39, 0.29) is 0 Å². The molecule has 1 aromatic rings. The van der Waals surface area contributed by atoms with E-state index < -0.39 is 0 Å². The zero-order valence-electron chi connectivity index (χ0n) is 14.3. The molecule has 1 aromatic heterocycles. The summed E-state index contributed by atoms with van der Waals surface area (Å²) in [6.45, 7) is 3.65. The SMILES string of the molecule is CCCCCCNC(N)=NCc1ccnc(OC2CCCC2)c1. The van der Waals surface area contributed by atoms with Crippen molar-refractivity contribution in [2.24, 2.45) is 10.7 Å². The van der Waals surface area contributed by atoms with Gasteiger partial charge in [0.1, 0.15) is 6.10 Å². The molecule has 23 heavy (non-hydrogen) atoms. The average Bonchev–Trinajstić information content (AvgIpc) is 3.06. The monoisotopic (exact) mass is 318 g/mol. The fourth-order valence-electron chi connectivity index (χ4n) is 2.79. The minimum absolute atomic E-state index is 0.330. The number of unbranched alkanes of at least 4 members (excludes halogenated alkanes) is 3. The lowest BCUT2D eigenvalue weighted by Crippen LogP contribution is -2.32. The second-order valence-electron chi connectivity index (χ2n) is 6.22. The lowest BCUT2D eigenvalue weighted by molar-refractivity contribution is 0.201. The number of nitrogens with one attached hydrogen (secondary N) is 1. The molecule has 0 unspecified atom stereocenters. The van der Waals surface area contributed by atoms with Gasteiger partial charge >= 0.3 is 0 Å². The number of aromatic nitrogens is 1. The molecule has 0 spiro atoms. The molecule has 1 fully saturated rings. The van der Waals surface area contributed by atoms with Gasteiger partial charge in [0, 0.05) is 18.8 Å². The Morgan fingerprint density at radius 2 is 2.17 bits per heavy atom. The van der Waals surface area contributed by atoms with Gasteiger partial charge in [0.2, 0.25) is 5.88 Å². The van der Waals surface area contributed by atoms with Crippen molar-refractivity contribution in [1.29, 1.82) is 0 Å². The van der Waals surface area contributed by atoms with E-state index in [1.165, 1.54) is 32.1 Å². The van der Waals surface area contributed by atoms with Gasteiger partial charge in [-0.3, -0.25) is 0 Å². The highest BCUT2D eigenvalue weighted by molar-refractivity contribution is 5.77. The molecule has 0 radical (unpaired) electrons. The molecule has 0 aromatic carbocycles. The van der Waals surface area contributed by atoms with Crippen LogP contribution in [0.5, 0.6) is 5.88 Å².